The van der Waals surface area contributed by atoms with Crippen molar-refractivity contribution in [3.05, 3.63) is 42.0 Å². The molecule has 1 unspecified atom stereocenters. The quantitative estimate of drug-likeness (QED) is 0.886. The van der Waals surface area contributed by atoms with E-state index in [0.717, 1.165) is 22.9 Å². The fourth-order valence-corrected chi connectivity index (χ4v) is 2.19. The van der Waals surface area contributed by atoms with Gasteiger partial charge in [0.05, 0.1) is 20.1 Å². The Morgan fingerprint density at radius 3 is 2.63 bits per heavy atom. The number of ether oxygens (including phenoxy) is 2. The van der Waals surface area contributed by atoms with Crippen LogP contribution in [0.5, 0.6) is 11.5 Å². The van der Waals surface area contributed by atoms with Gasteiger partial charge in [-0.15, -0.1) is 0 Å². The molecule has 0 aliphatic rings. The normalized spacial score (nSPS) is 12.2. The van der Waals surface area contributed by atoms with E-state index in [4.69, 9.17) is 15.2 Å². The van der Waals surface area contributed by atoms with Gasteiger partial charge >= 0.3 is 0 Å². The third-order valence-corrected chi connectivity index (χ3v) is 3.22. The van der Waals surface area contributed by atoms with E-state index in [1.165, 1.54) is 0 Å². The van der Waals surface area contributed by atoms with Crippen molar-refractivity contribution in [3.63, 3.8) is 0 Å². The van der Waals surface area contributed by atoms with Crippen molar-refractivity contribution in [2.24, 2.45) is 12.8 Å². The Bertz CT molecular complexity index is 551. The number of rotatable bonds is 5. The summed E-state index contributed by atoms with van der Waals surface area (Å²) in [6, 6.07) is 5.74. The van der Waals surface area contributed by atoms with Crippen molar-refractivity contribution in [1.82, 2.24) is 9.55 Å². The van der Waals surface area contributed by atoms with Crippen LogP contribution in [0.15, 0.2) is 30.6 Å². The molecule has 2 N–H and O–H groups in total. The van der Waals surface area contributed by atoms with E-state index in [2.05, 4.69) is 4.98 Å². The highest BCUT2D eigenvalue weighted by molar-refractivity contribution is 5.45. The highest BCUT2D eigenvalue weighted by atomic mass is 16.5. The molecule has 0 bridgehead atoms. The van der Waals surface area contributed by atoms with Gasteiger partial charge in [-0.25, -0.2) is 4.98 Å². The first kappa shape index (κ1) is 13.4. The van der Waals surface area contributed by atoms with Gasteiger partial charge in [0.2, 0.25) is 0 Å². The summed E-state index contributed by atoms with van der Waals surface area (Å²) in [4.78, 5) is 4.38. The summed E-state index contributed by atoms with van der Waals surface area (Å²) in [5.74, 6) is 2.45. The minimum absolute atomic E-state index is 0.000793. The van der Waals surface area contributed by atoms with E-state index >= 15 is 0 Å². The van der Waals surface area contributed by atoms with Crippen molar-refractivity contribution in [3.8, 4) is 11.5 Å². The second-order valence-electron chi connectivity index (χ2n) is 4.29. The summed E-state index contributed by atoms with van der Waals surface area (Å²) < 4.78 is 12.6. The molecule has 0 aliphatic heterocycles. The Labute approximate surface area is 113 Å². The number of benzene rings is 1. The Balaban J connectivity index is 2.46. The van der Waals surface area contributed by atoms with Crippen LogP contribution in [-0.2, 0) is 7.05 Å². The fourth-order valence-electron chi connectivity index (χ4n) is 2.19. The largest absolute Gasteiger partial charge is 0.497 e. The lowest BCUT2D eigenvalue weighted by atomic mass is 9.97. The van der Waals surface area contributed by atoms with E-state index < -0.39 is 0 Å². The van der Waals surface area contributed by atoms with Gasteiger partial charge in [-0.05, 0) is 6.07 Å². The fraction of sp³-hybridized carbons (Fsp3) is 0.357. The average Bonchev–Trinajstić information content (AvgIpc) is 2.86. The number of hydrogen-bond donors (Lipinski definition) is 1. The van der Waals surface area contributed by atoms with Gasteiger partial charge < -0.3 is 19.8 Å². The molecule has 1 atom stereocenters. The molecule has 0 amide bonds. The first-order chi connectivity index (χ1) is 9.21. The van der Waals surface area contributed by atoms with Gasteiger partial charge in [0.15, 0.2) is 0 Å². The molecule has 102 valence electrons. The Morgan fingerprint density at radius 1 is 1.32 bits per heavy atom. The zero-order valence-electron chi connectivity index (χ0n) is 11.5. The minimum Gasteiger partial charge on any atom is -0.497 e. The maximum Gasteiger partial charge on any atom is 0.126 e. The van der Waals surface area contributed by atoms with E-state index in [1.807, 2.05) is 36.0 Å². The third kappa shape index (κ3) is 2.56. The number of aromatic nitrogens is 2. The van der Waals surface area contributed by atoms with Crippen LogP contribution in [0.4, 0.5) is 0 Å². The van der Waals surface area contributed by atoms with Gasteiger partial charge in [-0.3, -0.25) is 0 Å². The van der Waals surface area contributed by atoms with Crippen LogP contribution < -0.4 is 15.2 Å². The van der Waals surface area contributed by atoms with Gasteiger partial charge in [-0.1, -0.05) is 6.07 Å². The van der Waals surface area contributed by atoms with Crippen molar-refractivity contribution < 1.29 is 9.47 Å². The molecular weight excluding hydrogens is 242 g/mol. The molecule has 19 heavy (non-hydrogen) atoms. The average molecular weight is 261 g/mol. The van der Waals surface area contributed by atoms with Gasteiger partial charge in [0.1, 0.15) is 17.3 Å². The second kappa shape index (κ2) is 5.75. The van der Waals surface area contributed by atoms with Crippen LogP contribution in [0.2, 0.25) is 0 Å². The number of nitrogens with zero attached hydrogens (tertiary/aromatic N) is 2. The van der Waals surface area contributed by atoms with E-state index in [1.54, 1.807) is 20.4 Å². The van der Waals surface area contributed by atoms with Crippen LogP contribution in [-0.4, -0.2) is 30.3 Å². The van der Waals surface area contributed by atoms with Crippen LogP contribution in [0.1, 0.15) is 17.3 Å². The smallest absolute Gasteiger partial charge is 0.126 e. The molecule has 1 aromatic carbocycles. The monoisotopic (exact) mass is 261 g/mol. The predicted molar refractivity (Wildman–Crippen MR) is 73.7 cm³/mol. The first-order valence-corrected chi connectivity index (χ1v) is 6.10. The third-order valence-electron chi connectivity index (χ3n) is 3.22. The Hall–Kier alpha value is -2.01. The Kier molecular flexibility index (Phi) is 4.06. The van der Waals surface area contributed by atoms with E-state index in [-0.39, 0.29) is 5.92 Å². The van der Waals surface area contributed by atoms with Crippen LogP contribution in [0.25, 0.3) is 0 Å². The summed E-state index contributed by atoms with van der Waals surface area (Å²) in [7, 11) is 5.23. The van der Waals surface area contributed by atoms with Crippen LogP contribution in [0, 0.1) is 0 Å². The van der Waals surface area contributed by atoms with Crippen molar-refractivity contribution in [2.75, 3.05) is 20.8 Å². The first-order valence-electron chi connectivity index (χ1n) is 6.10. The molecule has 0 fully saturated rings. The molecule has 1 aromatic heterocycles. The molecular formula is C14H19N3O2. The summed E-state index contributed by atoms with van der Waals surface area (Å²) in [6.45, 7) is 0.466. The lowest BCUT2D eigenvalue weighted by Gasteiger charge is -2.18. The van der Waals surface area contributed by atoms with Crippen molar-refractivity contribution in [2.45, 2.75) is 5.92 Å². The molecule has 1 heterocycles. The van der Waals surface area contributed by atoms with Crippen LogP contribution in [0.3, 0.4) is 0 Å². The molecule has 5 heteroatoms. The number of imidazole rings is 1. The number of hydrogen-bond acceptors (Lipinski definition) is 4. The lowest BCUT2D eigenvalue weighted by molar-refractivity contribution is 0.389. The summed E-state index contributed by atoms with van der Waals surface area (Å²) in [5, 5.41) is 0. The highest BCUT2D eigenvalue weighted by Crippen LogP contribution is 2.33. The molecule has 2 rings (SSSR count). The molecule has 2 aromatic rings. The van der Waals surface area contributed by atoms with Gasteiger partial charge in [-0.2, -0.15) is 0 Å². The highest BCUT2D eigenvalue weighted by Gasteiger charge is 2.20. The maximum atomic E-state index is 5.92. The van der Waals surface area contributed by atoms with Gasteiger partial charge in [0.25, 0.3) is 0 Å². The minimum atomic E-state index is 0.000793. The topological polar surface area (TPSA) is 62.3 Å². The predicted octanol–water partition coefficient (Wildman–Crippen LogP) is 1.53. The van der Waals surface area contributed by atoms with Crippen LogP contribution >= 0.6 is 0 Å². The molecule has 0 aliphatic carbocycles. The molecule has 0 saturated heterocycles. The molecule has 0 radical (unpaired) electrons. The zero-order chi connectivity index (χ0) is 13.8. The number of nitrogens with two attached hydrogens (primary N) is 1. The zero-order valence-corrected chi connectivity index (χ0v) is 11.5. The summed E-state index contributed by atoms with van der Waals surface area (Å²) in [6.07, 6.45) is 3.68. The standard InChI is InChI=1S/C14H19N3O2/c1-17-7-6-16-14(17)12(9-15)11-5-4-10(18-2)8-13(11)19-3/h4-8,12H,9,15H2,1-3H3. The molecule has 5 nitrogen and oxygen atoms in total. The van der Waals surface area contributed by atoms with Crippen molar-refractivity contribution >= 4 is 0 Å². The SMILES string of the molecule is COc1ccc(C(CN)c2nccn2C)c(OC)c1. The number of aryl methyl sites for hydroxylation is 1. The van der Waals surface area contributed by atoms with Gasteiger partial charge in [0, 0.05) is 37.6 Å². The van der Waals surface area contributed by atoms with Crippen molar-refractivity contribution in [1.29, 1.82) is 0 Å². The summed E-state index contributed by atoms with van der Waals surface area (Å²) in [5.41, 5.74) is 6.93. The van der Waals surface area contributed by atoms with E-state index in [9.17, 15) is 0 Å². The second-order valence-corrected chi connectivity index (χ2v) is 4.29. The number of methoxy groups -OCH3 is 2. The molecule has 0 saturated carbocycles. The summed E-state index contributed by atoms with van der Waals surface area (Å²) >= 11 is 0. The Morgan fingerprint density at radius 2 is 2.11 bits per heavy atom. The van der Waals surface area contributed by atoms with E-state index in [0.29, 0.717) is 6.54 Å². The maximum absolute atomic E-state index is 5.92. The molecule has 0 spiro atoms. The lowest BCUT2D eigenvalue weighted by Crippen LogP contribution is -2.18.